The number of amides is 3. The molecular formula is C17H27N3O4. The second-order valence-electron chi connectivity index (χ2n) is 7.21. The molecule has 0 radical (unpaired) electrons. The molecule has 0 aromatic heterocycles. The van der Waals surface area contributed by atoms with Crippen molar-refractivity contribution in [1.29, 1.82) is 0 Å². The average molecular weight is 337 g/mol. The number of hydrogen-bond donors (Lipinski definition) is 1. The minimum Gasteiger partial charge on any atom is -0.465 e. The van der Waals surface area contributed by atoms with Crippen molar-refractivity contribution in [1.82, 2.24) is 15.1 Å². The fourth-order valence-electron chi connectivity index (χ4n) is 3.83. The highest BCUT2D eigenvalue weighted by molar-refractivity contribution is 5.86. The van der Waals surface area contributed by atoms with Gasteiger partial charge in [0.25, 0.3) is 0 Å². The van der Waals surface area contributed by atoms with Crippen molar-refractivity contribution in [3.63, 3.8) is 0 Å². The topological polar surface area (TPSA) is 79.0 Å². The van der Waals surface area contributed by atoms with E-state index < -0.39 is 11.4 Å². The molecule has 2 saturated heterocycles. The summed E-state index contributed by atoms with van der Waals surface area (Å²) >= 11 is 0. The first-order valence-electron chi connectivity index (χ1n) is 9.02. The number of nitrogens with zero attached hydrogens (tertiary/aromatic N) is 2. The number of ether oxygens (including phenoxy) is 1. The lowest BCUT2D eigenvalue weighted by molar-refractivity contribution is -0.146. The van der Waals surface area contributed by atoms with Crippen LogP contribution in [0.2, 0.25) is 0 Å². The first-order chi connectivity index (χ1) is 11.5. The summed E-state index contributed by atoms with van der Waals surface area (Å²) in [5, 5.41) is 2.59. The maximum absolute atomic E-state index is 12.9. The molecule has 2 aliphatic heterocycles. The summed E-state index contributed by atoms with van der Waals surface area (Å²) in [5.41, 5.74) is -0.408. The molecule has 24 heavy (non-hydrogen) atoms. The standard InChI is InChI=1S/C17H27N3O4/c1-2-24-14(21)10-18-16(23)20-9-7-17(12-20)6-3-8-19(15(17)22)11-13-4-5-13/h13H,2-12H2,1H3,(H,18,23)/t17-/m1/s1. The Balaban J connectivity index is 1.54. The summed E-state index contributed by atoms with van der Waals surface area (Å²) in [7, 11) is 0. The van der Waals surface area contributed by atoms with Gasteiger partial charge in [-0.2, -0.15) is 0 Å². The number of hydrogen-bond acceptors (Lipinski definition) is 4. The van der Waals surface area contributed by atoms with Gasteiger partial charge in [-0.05, 0) is 44.9 Å². The van der Waals surface area contributed by atoms with E-state index in [2.05, 4.69) is 5.32 Å². The lowest BCUT2D eigenvalue weighted by Gasteiger charge is -2.39. The van der Waals surface area contributed by atoms with Gasteiger partial charge in [-0.1, -0.05) is 0 Å². The van der Waals surface area contributed by atoms with Crippen LogP contribution in [-0.2, 0) is 14.3 Å². The highest BCUT2D eigenvalue weighted by Crippen LogP contribution is 2.41. The molecule has 1 N–H and O–H groups in total. The smallest absolute Gasteiger partial charge is 0.325 e. The zero-order valence-corrected chi connectivity index (χ0v) is 14.4. The zero-order valence-electron chi connectivity index (χ0n) is 14.4. The van der Waals surface area contributed by atoms with Crippen LogP contribution in [0.15, 0.2) is 0 Å². The van der Waals surface area contributed by atoms with E-state index in [1.165, 1.54) is 12.8 Å². The van der Waals surface area contributed by atoms with Gasteiger partial charge in [0, 0.05) is 26.2 Å². The number of carbonyl (C=O) groups is 3. The van der Waals surface area contributed by atoms with E-state index >= 15 is 0 Å². The fourth-order valence-corrected chi connectivity index (χ4v) is 3.83. The Morgan fingerprint density at radius 1 is 1.29 bits per heavy atom. The van der Waals surface area contributed by atoms with Crippen LogP contribution >= 0.6 is 0 Å². The number of rotatable bonds is 5. The Bertz CT molecular complexity index is 520. The van der Waals surface area contributed by atoms with Crippen LogP contribution in [0.4, 0.5) is 4.79 Å². The van der Waals surface area contributed by atoms with Crippen LogP contribution in [0.1, 0.15) is 39.0 Å². The molecular weight excluding hydrogens is 310 g/mol. The second kappa shape index (κ2) is 6.99. The first-order valence-corrected chi connectivity index (χ1v) is 9.02. The van der Waals surface area contributed by atoms with Crippen molar-refractivity contribution in [2.24, 2.45) is 11.3 Å². The van der Waals surface area contributed by atoms with E-state index in [0.717, 1.165) is 32.4 Å². The Morgan fingerprint density at radius 3 is 2.79 bits per heavy atom. The van der Waals surface area contributed by atoms with Gasteiger partial charge in [-0.25, -0.2) is 4.79 Å². The van der Waals surface area contributed by atoms with Gasteiger partial charge in [0.15, 0.2) is 0 Å². The Labute approximate surface area is 142 Å². The number of likely N-dealkylation sites (tertiary alicyclic amines) is 2. The molecule has 1 saturated carbocycles. The van der Waals surface area contributed by atoms with Crippen molar-refractivity contribution in [3.05, 3.63) is 0 Å². The second-order valence-corrected chi connectivity index (χ2v) is 7.21. The third kappa shape index (κ3) is 3.65. The molecule has 1 spiro atoms. The van der Waals surface area contributed by atoms with E-state index in [1.807, 2.05) is 4.90 Å². The van der Waals surface area contributed by atoms with Crippen LogP contribution in [-0.4, -0.2) is 67.0 Å². The molecule has 2 heterocycles. The predicted octanol–water partition coefficient (Wildman–Crippen LogP) is 0.984. The molecule has 0 aromatic rings. The van der Waals surface area contributed by atoms with E-state index in [-0.39, 0.29) is 18.5 Å². The summed E-state index contributed by atoms with van der Waals surface area (Å²) in [6.45, 7) is 4.66. The molecule has 1 aliphatic carbocycles. The minimum absolute atomic E-state index is 0.127. The summed E-state index contributed by atoms with van der Waals surface area (Å²) < 4.78 is 4.81. The Kier molecular flexibility index (Phi) is 4.96. The molecule has 0 bridgehead atoms. The van der Waals surface area contributed by atoms with Crippen molar-refractivity contribution >= 4 is 17.9 Å². The highest BCUT2D eigenvalue weighted by Gasteiger charge is 2.49. The average Bonchev–Trinajstić information content (AvgIpc) is 3.28. The van der Waals surface area contributed by atoms with E-state index in [4.69, 9.17) is 4.74 Å². The summed E-state index contributed by atoms with van der Waals surface area (Å²) in [6.07, 6.45) is 5.06. The monoisotopic (exact) mass is 337 g/mol. The lowest BCUT2D eigenvalue weighted by Crippen LogP contribution is -2.51. The number of piperidine rings is 1. The van der Waals surface area contributed by atoms with Gasteiger partial charge in [0.1, 0.15) is 6.54 Å². The lowest BCUT2D eigenvalue weighted by atomic mass is 9.78. The molecule has 3 rings (SSSR count). The number of urea groups is 1. The maximum Gasteiger partial charge on any atom is 0.325 e. The van der Waals surface area contributed by atoms with E-state index in [1.54, 1.807) is 11.8 Å². The largest absolute Gasteiger partial charge is 0.465 e. The minimum atomic E-state index is -0.441. The molecule has 3 amide bonds. The molecule has 3 fully saturated rings. The van der Waals surface area contributed by atoms with Crippen LogP contribution < -0.4 is 5.32 Å². The molecule has 7 heteroatoms. The molecule has 0 unspecified atom stereocenters. The third-order valence-corrected chi connectivity index (χ3v) is 5.33. The van der Waals surface area contributed by atoms with Crippen LogP contribution in [0.25, 0.3) is 0 Å². The summed E-state index contributed by atoms with van der Waals surface area (Å²) in [4.78, 5) is 40.2. The predicted molar refractivity (Wildman–Crippen MR) is 87.2 cm³/mol. The normalized spacial score (nSPS) is 26.8. The first kappa shape index (κ1) is 17.0. The van der Waals surface area contributed by atoms with Crippen molar-refractivity contribution in [2.45, 2.75) is 39.0 Å². The molecule has 0 aromatic carbocycles. The van der Waals surface area contributed by atoms with Gasteiger partial charge in [-0.15, -0.1) is 0 Å². The van der Waals surface area contributed by atoms with Crippen LogP contribution in [0.5, 0.6) is 0 Å². The highest BCUT2D eigenvalue weighted by atomic mass is 16.5. The Hall–Kier alpha value is -1.79. The van der Waals surface area contributed by atoms with Crippen LogP contribution in [0, 0.1) is 11.3 Å². The number of nitrogens with one attached hydrogen (secondary N) is 1. The summed E-state index contributed by atoms with van der Waals surface area (Å²) in [5.74, 6) is 0.472. The quantitative estimate of drug-likeness (QED) is 0.759. The zero-order chi connectivity index (χ0) is 17.2. The molecule has 1 atom stereocenters. The van der Waals surface area contributed by atoms with Crippen LogP contribution in [0.3, 0.4) is 0 Å². The third-order valence-electron chi connectivity index (χ3n) is 5.33. The maximum atomic E-state index is 12.9. The van der Waals surface area contributed by atoms with Crippen molar-refractivity contribution in [2.75, 3.05) is 39.3 Å². The Morgan fingerprint density at radius 2 is 2.08 bits per heavy atom. The number of carbonyl (C=O) groups excluding carboxylic acids is 3. The molecule has 134 valence electrons. The van der Waals surface area contributed by atoms with Gasteiger partial charge in [0.2, 0.25) is 5.91 Å². The van der Waals surface area contributed by atoms with Gasteiger partial charge in [-0.3, -0.25) is 9.59 Å². The van der Waals surface area contributed by atoms with Gasteiger partial charge in [0.05, 0.1) is 12.0 Å². The van der Waals surface area contributed by atoms with Crippen molar-refractivity contribution < 1.29 is 19.1 Å². The summed E-state index contributed by atoms with van der Waals surface area (Å²) in [6, 6.07) is -0.285. The SMILES string of the molecule is CCOC(=O)CNC(=O)N1CC[C@]2(CCCN(CC3CC3)C2=O)C1. The van der Waals surface area contributed by atoms with Gasteiger partial charge < -0.3 is 19.9 Å². The van der Waals surface area contributed by atoms with Crippen molar-refractivity contribution in [3.8, 4) is 0 Å². The number of esters is 1. The molecule has 3 aliphatic rings. The fraction of sp³-hybridized carbons (Fsp3) is 0.824. The van der Waals surface area contributed by atoms with E-state index in [9.17, 15) is 14.4 Å². The van der Waals surface area contributed by atoms with E-state index in [0.29, 0.717) is 25.6 Å². The van der Waals surface area contributed by atoms with Gasteiger partial charge >= 0.3 is 12.0 Å². The molecule has 7 nitrogen and oxygen atoms in total.